The molecule has 4 aromatic rings. The SMILES string of the molecule is Cc1nc2ccccc2c2c(NC(=O)C3=CN4CCS(=O)(=O)N=C4C=C3)c3ccccc3n12. The Bertz CT molecular complexity index is 1700. The van der Waals surface area contributed by atoms with E-state index in [2.05, 4.69) is 14.1 Å². The Kier molecular flexibility index (Phi) is 4.18. The Labute approximate surface area is 189 Å². The number of amidine groups is 1. The molecule has 1 amide bonds. The minimum atomic E-state index is -3.45. The van der Waals surface area contributed by atoms with E-state index in [9.17, 15) is 13.2 Å². The highest BCUT2D eigenvalue weighted by atomic mass is 32.2. The van der Waals surface area contributed by atoms with Gasteiger partial charge in [0.05, 0.1) is 33.6 Å². The molecule has 0 fully saturated rings. The van der Waals surface area contributed by atoms with Crippen molar-refractivity contribution in [2.45, 2.75) is 6.92 Å². The van der Waals surface area contributed by atoms with Crippen molar-refractivity contribution in [3.63, 3.8) is 0 Å². The van der Waals surface area contributed by atoms with Gasteiger partial charge in [0.15, 0.2) is 0 Å². The Hall–Kier alpha value is -3.98. The molecule has 0 radical (unpaired) electrons. The zero-order chi connectivity index (χ0) is 22.7. The monoisotopic (exact) mass is 457 g/mol. The number of carbonyl (C=O) groups excluding carboxylic acids is 1. The number of aromatic nitrogens is 2. The molecular weight excluding hydrogens is 438 g/mol. The fourth-order valence-corrected chi connectivity index (χ4v) is 5.44. The van der Waals surface area contributed by atoms with E-state index in [0.29, 0.717) is 17.1 Å². The van der Waals surface area contributed by atoms with Crippen molar-refractivity contribution in [1.82, 2.24) is 14.3 Å². The minimum Gasteiger partial charge on any atom is -0.330 e. The number of rotatable bonds is 2. The molecule has 1 N–H and O–H groups in total. The number of amides is 1. The van der Waals surface area contributed by atoms with Gasteiger partial charge >= 0.3 is 0 Å². The van der Waals surface area contributed by atoms with E-state index in [1.165, 1.54) is 0 Å². The van der Waals surface area contributed by atoms with E-state index in [1.54, 1.807) is 23.3 Å². The number of carbonyl (C=O) groups is 1. The summed E-state index contributed by atoms with van der Waals surface area (Å²) in [6, 6.07) is 15.8. The lowest BCUT2D eigenvalue weighted by molar-refractivity contribution is -0.112. The van der Waals surface area contributed by atoms with Crippen LogP contribution in [0.15, 0.2) is 76.9 Å². The predicted molar refractivity (Wildman–Crippen MR) is 129 cm³/mol. The van der Waals surface area contributed by atoms with Crippen LogP contribution in [0.25, 0.3) is 27.3 Å². The first kappa shape index (κ1) is 19.7. The van der Waals surface area contributed by atoms with Crippen LogP contribution < -0.4 is 5.32 Å². The molecule has 0 aliphatic carbocycles. The molecule has 0 unspecified atom stereocenters. The number of nitrogens with zero attached hydrogens (tertiary/aromatic N) is 4. The van der Waals surface area contributed by atoms with E-state index in [4.69, 9.17) is 4.98 Å². The first-order valence-electron chi connectivity index (χ1n) is 10.5. The Balaban J connectivity index is 1.49. The average Bonchev–Trinajstić information content (AvgIpc) is 3.13. The number of aryl methyl sites for hydroxylation is 1. The number of fused-ring (bicyclic) bond motifs is 6. The number of sulfonamides is 1. The second-order valence-electron chi connectivity index (χ2n) is 8.05. The molecule has 9 heteroatoms. The molecule has 6 rings (SSSR count). The van der Waals surface area contributed by atoms with Gasteiger partial charge in [0.2, 0.25) is 0 Å². The Morgan fingerprint density at radius 1 is 1.03 bits per heavy atom. The number of para-hydroxylation sites is 2. The summed E-state index contributed by atoms with van der Waals surface area (Å²) in [7, 11) is -3.45. The summed E-state index contributed by atoms with van der Waals surface area (Å²) < 4.78 is 29.4. The molecule has 2 aliphatic rings. The molecule has 0 bridgehead atoms. The molecule has 8 nitrogen and oxygen atoms in total. The van der Waals surface area contributed by atoms with Crippen LogP contribution in [0, 0.1) is 6.92 Å². The van der Waals surface area contributed by atoms with E-state index in [1.807, 2.05) is 55.5 Å². The summed E-state index contributed by atoms with van der Waals surface area (Å²) in [4.78, 5) is 19.8. The van der Waals surface area contributed by atoms with Gasteiger partial charge in [-0.2, -0.15) is 0 Å². The van der Waals surface area contributed by atoms with Crippen molar-refractivity contribution in [1.29, 1.82) is 0 Å². The molecule has 164 valence electrons. The average molecular weight is 458 g/mol. The van der Waals surface area contributed by atoms with Crippen LogP contribution in [0.5, 0.6) is 0 Å². The van der Waals surface area contributed by atoms with Crippen molar-refractivity contribution in [3.05, 3.63) is 78.3 Å². The lowest BCUT2D eigenvalue weighted by Crippen LogP contribution is -2.37. The number of benzene rings is 2. The molecule has 0 atom stereocenters. The van der Waals surface area contributed by atoms with Crippen molar-refractivity contribution >= 4 is 54.8 Å². The van der Waals surface area contributed by atoms with Crippen LogP contribution >= 0.6 is 0 Å². The smallest absolute Gasteiger partial charge is 0.257 e. The van der Waals surface area contributed by atoms with Crippen molar-refractivity contribution < 1.29 is 13.2 Å². The second kappa shape index (κ2) is 7.01. The maximum Gasteiger partial charge on any atom is 0.257 e. The van der Waals surface area contributed by atoms with Gasteiger partial charge in [0.1, 0.15) is 11.7 Å². The van der Waals surface area contributed by atoms with E-state index < -0.39 is 10.0 Å². The minimum absolute atomic E-state index is 0.0806. The van der Waals surface area contributed by atoms with Crippen LogP contribution in [0.4, 0.5) is 5.69 Å². The molecule has 2 aromatic carbocycles. The Morgan fingerprint density at radius 3 is 2.64 bits per heavy atom. The quantitative estimate of drug-likeness (QED) is 0.498. The van der Waals surface area contributed by atoms with E-state index >= 15 is 0 Å². The van der Waals surface area contributed by atoms with Gasteiger partial charge in [-0.15, -0.1) is 4.40 Å². The standard InChI is InChI=1S/C24H19N5O3S/c1-15-25-19-8-4-2-6-17(19)23-22(18-7-3-5-9-20(18)29(15)23)26-24(30)16-10-11-21-27-33(31,32)13-12-28(21)14-16/h2-11,14H,12-13H2,1H3,(H,26,30). The van der Waals surface area contributed by atoms with Gasteiger partial charge in [0, 0.05) is 23.5 Å². The molecule has 33 heavy (non-hydrogen) atoms. The summed E-state index contributed by atoms with van der Waals surface area (Å²) in [6.45, 7) is 2.21. The molecule has 2 aromatic heterocycles. The molecule has 4 heterocycles. The lowest BCUT2D eigenvalue weighted by atomic mass is 10.1. The summed E-state index contributed by atoms with van der Waals surface area (Å²) >= 11 is 0. The predicted octanol–water partition coefficient (Wildman–Crippen LogP) is 3.39. The van der Waals surface area contributed by atoms with Crippen molar-refractivity contribution in [2.75, 3.05) is 17.6 Å². The first-order valence-corrected chi connectivity index (χ1v) is 12.1. The van der Waals surface area contributed by atoms with Crippen molar-refractivity contribution in [3.8, 4) is 0 Å². The number of hydrogen-bond acceptors (Lipinski definition) is 5. The molecule has 0 saturated heterocycles. The number of hydrogen-bond donors (Lipinski definition) is 1. The highest BCUT2D eigenvalue weighted by Gasteiger charge is 2.26. The van der Waals surface area contributed by atoms with Crippen LogP contribution in [0.1, 0.15) is 5.82 Å². The summed E-state index contributed by atoms with van der Waals surface area (Å²) in [5.74, 6) is 0.788. The van der Waals surface area contributed by atoms with E-state index in [-0.39, 0.29) is 18.2 Å². The van der Waals surface area contributed by atoms with Gasteiger partial charge in [-0.25, -0.2) is 13.4 Å². The van der Waals surface area contributed by atoms with Crippen molar-refractivity contribution in [2.24, 2.45) is 4.40 Å². The van der Waals surface area contributed by atoms with Gasteiger partial charge in [-0.1, -0.05) is 36.4 Å². The number of anilines is 1. The summed E-state index contributed by atoms with van der Waals surface area (Å²) in [5, 5.41) is 4.98. The normalized spacial score (nSPS) is 17.2. The first-order chi connectivity index (χ1) is 15.9. The fraction of sp³-hybridized carbons (Fsp3) is 0.125. The number of nitrogens with one attached hydrogen (secondary N) is 1. The summed E-state index contributed by atoms with van der Waals surface area (Å²) in [5.41, 5.74) is 3.84. The van der Waals surface area contributed by atoms with Crippen LogP contribution in [-0.4, -0.2) is 46.7 Å². The molecule has 0 saturated carbocycles. The highest BCUT2D eigenvalue weighted by Crippen LogP contribution is 2.36. The third-order valence-electron chi connectivity index (χ3n) is 5.96. The van der Waals surface area contributed by atoms with Gasteiger partial charge < -0.3 is 10.2 Å². The van der Waals surface area contributed by atoms with E-state index in [0.717, 1.165) is 33.1 Å². The fourth-order valence-electron chi connectivity index (χ4n) is 4.47. The van der Waals surface area contributed by atoms with Gasteiger partial charge in [0.25, 0.3) is 15.9 Å². The molecule has 2 aliphatic heterocycles. The molecular formula is C24H19N5O3S. The van der Waals surface area contributed by atoms with Gasteiger partial charge in [-0.05, 0) is 31.2 Å². The summed E-state index contributed by atoms with van der Waals surface area (Å²) in [6.07, 6.45) is 4.80. The maximum absolute atomic E-state index is 13.3. The highest BCUT2D eigenvalue weighted by molar-refractivity contribution is 7.90. The zero-order valence-electron chi connectivity index (χ0n) is 17.7. The third-order valence-corrected chi connectivity index (χ3v) is 7.13. The second-order valence-corrected chi connectivity index (χ2v) is 9.81. The van der Waals surface area contributed by atoms with Crippen LogP contribution in [0.3, 0.4) is 0 Å². The molecule has 0 spiro atoms. The van der Waals surface area contributed by atoms with Crippen LogP contribution in [-0.2, 0) is 14.8 Å². The topological polar surface area (TPSA) is 96.1 Å². The van der Waals surface area contributed by atoms with Crippen LogP contribution in [0.2, 0.25) is 0 Å². The zero-order valence-corrected chi connectivity index (χ0v) is 18.5. The van der Waals surface area contributed by atoms with Gasteiger partial charge in [-0.3, -0.25) is 9.20 Å². The Morgan fingerprint density at radius 2 is 1.79 bits per heavy atom. The maximum atomic E-state index is 13.3. The third kappa shape index (κ3) is 3.12. The lowest BCUT2D eigenvalue weighted by Gasteiger charge is -2.26. The largest absolute Gasteiger partial charge is 0.330 e.